The fraction of sp³-hybridized carbons (Fsp3) is 0.500. The Morgan fingerprint density at radius 3 is 2.35 bits per heavy atom. The standard InChI is InChI=1S/C10H16N2.BF4/c1-3-5-6-10(4-2)12-8-7-11-9-12;2-1(3,4)5/h4,7-10H,2-3,5-6H2,1H3;/q;-1. The van der Waals surface area contributed by atoms with Gasteiger partial charge in [-0.15, -0.1) is 6.58 Å². The molecule has 7 heteroatoms. The number of aromatic nitrogens is 2. The molecule has 1 heterocycles. The summed E-state index contributed by atoms with van der Waals surface area (Å²) in [5, 5.41) is 0. The number of imidazole rings is 1. The maximum Gasteiger partial charge on any atom is 0.673 e. The lowest BCUT2D eigenvalue weighted by Gasteiger charge is -2.12. The van der Waals surface area contributed by atoms with Gasteiger partial charge in [-0.2, -0.15) is 0 Å². The number of allylic oxidation sites excluding steroid dienone is 1. The first kappa shape index (κ1) is 15.7. The zero-order valence-corrected chi connectivity index (χ0v) is 9.70. The minimum absolute atomic E-state index is 0.424. The minimum atomic E-state index is -6.00. The Hall–Kier alpha value is -1.27. The molecule has 0 spiro atoms. The second kappa shape index (κ2) is 7.92. The molecule has 0 aliphatic carbocycles. The van der Waals surface area contributed by atoms with Gasteiger partial charge in [0.1, 0.15) is 0 Å². The average Bonchev–Trinajstić information content (AvgIpc) is 2.70. The summed E-state index contributed by atoms with van der Waals surface area (Å²) < 4.78 is 41.1. The highest BCUT2D eigenvalue weighted by molar-refractivity contribution is 6.50. The van der Waals surface area contributed by atoms with Crippen LogP contribution in [-0.4, -0.2) is 16.8 Å². The van der Waals surface area contributed by atoms with Gasteiger partial charge in [0.25, 0.3) is 0 Å². The van der Waals surface area contributed by atoms with Gasteiger partial charge in [0, 0.05) is 12.4 Å². The van der Waals surface area contributed by atoms with Crippen molar-refractivity contribution in [1.82, 2.24) is 9.55 Å². The molecular weight excluding hydrogens is 235 g/mol. The summed E-state index contributed by atoms with van der Waals surface area (Å²) in [6.45, 7) is 6.02. The Bertz CT molecular complexity index is 292. The van der Waals surface area contributed by atoms with E-state index in [0.29, 0.717) is 6.04 Å². The third-order valence-electron chi connectivity index (χ3n) is 2.03. The topological polar surface area (TPSA) is 17.8 Å². The zero-order chi connectivity index (χ0) is 13.3. The lowest BCUT2D eigenvalue weighted by atomic mass is 10.1. The number of hydrogen-bond acceptors (Lipinski definition) is 1. The molecule has 1 aromatic rings. The molecule has 1 rings (SSSR count). The average molecular weight is 251 g/mol. The Kier molecular flexibility index (Phi) is 7.33. The molecule has 0 saturated heterocycles. The predicted octanol–water partition coefficient (Wildman–Crippen LogP) is 4.10. The van der Waals surface area contributed by atoms with Gasteiger partial charge in [0.15, 0.2) is 0 Å². The normalized spacial score (nSPS) is 12.5. The molecule has 0 bridgehead atoms. The van der Waals surface area contributed by atoms with E-state index in [9.17, 15) is 17.3 Å². The van der Waals surface area contributed by atoms with Gasteiger partial charge >= 0.3 is 7.25 Å². The van der Waals surface area contributed by atoms with E-state index in [2.05, 4.69) is 23.1 Å². The molecule has 0 N–H and O–H groups in total. The molecule has 0 aromatic carbocycles. The van der Waals surface area contributed by atoms with Crippen LogP contribution >= 0.6 is 0 Å². The van der Waals surface area contributed by atoms with E-state index >= 15 is 0 Å². The van der Waals surface area contributed by atoms with Crippen LogP contribution in [0.15, 0.2) is 31.4 Å². The van der Waals surface area contributed by atoms with E-state index in [0.717, 1.165) is 6.42 Å². The van der Waals surface area contributed by atoms with E-state index in [4.69, 9.17) is 0 Å². The molecule has 0 aliphatic rings. The van der Waals surface area contributed by atoms with Crippen LogP contribution in [0.5, 0.6) is 0 Å². The summed E-state index contributed by atoms with van der Waals surface area (Å²) in [7, 11) is -6.00. The predicted molar refractivity (Wildman–Crippen MR) is 61.2 cm³/mol. The quantitative estimate of drug-likeness (QED) is 0.437. The molecular formula is C10H16BF4N2-. The fourth-order valence-electron chi connectivity index (χ4n) is 1.27. The van der Waals surface area contributed by atoms with Crippen LogP contribution in [0.3, 0.4) is 0 Å². The Morgan fingerprint density at radius 1 is 1.41 bits per heavy atom. The lowest BCUT2D eigenvalue weighted by Crippen LogP contribution is -2.03. The van der Waals surface area contributed by atoms with Crippen LogP contribution in [0, 0.1) is 0 Å². The molecule has 0 saturated carbocycles. The maximum atomic E-state index is 9.75. The molecule has 0 amide bonds. The second-order valence-corrected chi connectivity index (χ2v) is 3.45. The zero-order valence-electron chi connectivity index (χ0n) is 9.70. The van der Waals surface area contributed by atoms with Crippen molar-refractivity contribution in [2.75, 3.05) is 0 Å². The van der Waals surface area contributed by atoms with Crippen LogP contribution in [0.1, 0.15) is 32.2 Å². The van der Waals surface area contributed by atoms with Gasteiger partial charge in [-0.1, -0.05) is 25.8 Å². The maximum absolute atomic E-state index is 9.75. The minimum Gasteiger partial charge on any atom is -0.418 e. The Balaban J connectivity index is 0.000000437. The van der Waals surface area contributed by atoms with Crippen LogP contribution in [0.2, 0.25) is 0 Å². The van der Waals surface area contributed by atoms with Crippen molar-refractivity contribution in [3.8, 4) is 0 Å². The van der Waals surface area contributed by atoms with Gasteiger partial charge in [0.05, 0.1) is 12.4 Å². The third-order valence-corrected chi connectivity index (χ3v) is 2.03. The van der Waals surface area contributed by atoms with Crippen molar-refractivity contribution in [2.24, 2.45) is 0 Å². The van der Waals surface area contributed by atoms with E-state index in [1.165, 1.54) is 12.8 Å². The summed E-state index contributed by atoms with van der Waals surface area (Å²) in [5.74, 6) is 0. The first-order valence-corrected chi connectivity index (χ1v) is 5.35. The Labute approximate surface area is 98.5 Å². The first-order valence-electron chi connectivity index (χ1n) is 5.35. The van der Waals surface area contributed by atoms with Gasteiger partial charge < -0.3 is 21.8 Å². The van der Waals surface area contributed by atoms with E-state index in [1.807, 2.05) is 24.8 Å². The number of halogens is 4. The van der Waals surface area contributed by atoms with E-state index < -0.39 is 7.25 Å². The highest BCUT2D eigenvalue weighted by atomic mass is 19.5. The molecule has 0 radical (unpaired) electrons. The van der Waals surface area contributed by atoms with Gasteiger partial charge in [-0.05, 0) is 6.42 Å². The highest BCUT2D eigenvalue weighted by Gasteiger charge is 2.20. The number of unbranched alkanes of at least 4 members (excludes halogenated alkanes) is 1. The molecule has 1 unspecified atom stereocenters. The largest absolute Gasteiger partial charge is 0.673 e. The molecule has 0 fully saturated rings. The molecule has 1 aromatic heterocycles. The third kappa shape index (κ3) is 9.65. The molecule has 1 atom stereocenters. The highest BCUT2D eigenvalue weighted by Crippen LogP contribution is 2.15. The lowest BCUT2D eigenvalue weighted by molar-refractivity contribution is 0.368. The number of rotatable bonds is 5. The van der Waals surface area contributed by atoms with Gasteiger partial charge in [-0.3, -0.25) is 0 Å². The number of hydrogen-bond donors (Lipinski definition) is 0. The van der Waals surface area contributed by atoms with Crippen molar-refractivity contribution in [1.29, 1.82) is 0 Å². The first-order chi connectivity index (χ1) is 7.88. The smallest absolute Gasteiger partial charge is 0.418 e. The van der Waals surface area contributed by atoms with E-state index in [-0.39, 0.29) is 0 Å². The molecule has 17 heavy (non-hydrogen) atoms. The molecule has 98 valence electrons. The van der Waals surface area contributed by atoms with Crippen LogP contribution < -0.4 is 0 Å². The SMILES string of the molecule is C=CC(CCCC)n1ccnc1.F[B-](F)(F)F. The second-order valence-electron chi connectivity index (χ2n) is 3.45. The van der Waals surface area contributed by atoms with Crippen LogP contribution in [0.25, 0.3) is 0 Å². The summed E-state index contributed by atoms with van der Waals surface area (Å²) in [6.07, 6.45) is 11.3. The summed E-state index contributed by atoms with van der Waals surface area (Å²) >= 11 is 0. The van der Waals surface area contributed by atoms with Crippen molar-refractivity contribution in [2.45, 2.75) is 32.2 Å². The van der Waals surface area contributed by atoms with Crippen LogP contribution in [0.4, 0.5) is 17.3 Å². The summed E-state index contributed by atoms with van der Waals surface area (Å²) in [4.78, 5) is 4.01. The van der Waals surface area contributed by atoms with Gasteiger partial charge in [0.2, 0.25) is 0 Å². The fourth-order valence-corrected chi connectivity index (χ4v) is 1.27. The monoisotopic (exact) mass is 251 g/mol. The van der Waals surface area contributed by atoms with Crippen molar-refractivity contribution < 1.29 is 17.3 Å². The van der Waals surface area contributed by atoms with E-state index in [1.54, 1.807) is 0 Å². The van der Waals surface area contributed by atoms with Crippen molar-refractivity contribution in [3.05, 3.63) is 31.4 Å². The van der Waals surface area contributed by atoms with Crippen molar-refractivity contribution >= 4 is 7.25 Å². The molecule has 2 nitrogen and oxygen atoms in total. The number of nitrogens with zero attached hydrogens (tertiary/aromatic N) is 2. The van der Waals surface area contributed by atoms with Gasteiger partial charge in [-0.25, -0.2) is 4.98 Å². The Morgan fingerprint density at radius 2 is 2.00 bits per heavy atom. The van der Waals surface area contributed by atoms with Crippen molar-refractivity contribution in [3.63, 3.8) is 0 Å². The van der Waals surface area contributed by atoms with Crippen LogP contribution in [-0.2, 0) is 0 Å². The summed E-state index contributed by atoms with van der Waals surface area (Å²) in [5.41, 5.74) is 0. The molecule has 0 aliphatic heterocycles. The summed E-state index contributed by atoms with van der Waals surface area (Å²) in [6, 6.07) is 0.424.